The zero-order valence-electron chi connectivity index (χ0n) is 9.75. The number of nitrogens with zero attached hydrogens (tertiary/aromatic N) is 1. The SMILES string of the molecule is CCN1CCCCC1=Cc1ccc(Br)cc1. The van der Waals surface area contributed by atoms with Gasteiger partial charge in [0.05, 0.1) is 0 Å². The first-order valence-corrected chi connectivity index (χ1v) is 6.80. The monoisotopic (exact) mass is 279 g/mol. The Bertz CT molecular complexity index is 367. The topological polar surface area (TPSA) is 3.24 Å². The molecule has 0 spiro atoms. The molecule has 1 aromatic rings. The first kappa shape index (κ1) is 11.7. The molecule has 0 amide bonds. The van der Waals surface area contributed by atoms with E-state index in [4.69, 9.17) is 0 Å². The van der Waals surface area contributed by atoms with E-state index < -0.39 is 0 Å². The quantitative estimate of drug-likeness (QED) is 0.781. The molecule has 0 saturated carbocycles. The van der Waals surface area contributed by atoms with E-state index in [2.05, 4.69) is 58.1 Å². The van der Waals surface area contributed by atoms with E-state index >= 15 is 0 Å². The predicted molar refractivity (Wildman–Crippen MR) is 73.2 cm³/mol. The second-order valence-electron chi connectivity index (χ2n) is 4.22. The highest BCUT2D eigenvalue weighted by Crippen LogP contribution is 2.23. The number of rotatable bonds is 2. The molecule has 1 fully saturated rings. The van der Waals surface area contributed by atoms with Crippen LogP contribution in [0.15, 0.2) is 34.4 Å². The van der Waals surface area contributed by atoms with Crippen LogP contribution in [-0.2, 0) is 0 Å². The van der Waals surface area contributed by atoms with Crippen molar-refractivity contribution in [1.29, 1.82) is 0 Å². The van der Waals surface area contributed by atoms with Gasteiger partial charge in [0.1, 0.15) is 0 Å². The molecular weight excluding hydrogens is 262 g/mol. The summed E-state index contributed by atoms with van der Waals surface area (Å²) in [7, 11) is 0. The number of halogens is 1. The van der Waals surface area contributed by atoms with Crippen LogP contribution < -0.4 is 0 Å². The lowest BCUT2D eigenvalue weighted by atomic mass is 10.0. The van der Waals surface area contributed by atoms with Gasteiger partial charge >= 0.3 is 0 Å². The molecule has 1 aromatic carbocycles. The van der Waals surface area contributed by atoms with Gasteiger partial charge < -0.3 is 4.90 Å². The van der Waals surface area contributed by atoms with Crippen molar-refractivity contribution in [1.82, 2.24) is 4.90 Å². The van der Waals surface area contributed by atoms with Crippen molar-refractivity contribution in [3.05, 3.63) is 40.0 Å². The summed E-state index contributed by atoms with van der Waals surface area (Å²) in [5, 5.41) is 0. The van der Waals surface area contributed by atoms with Crippen LogP contribution in [0.25, 0.3) is 6.08 Å². The number of hydrogen-bond donors (Lipinski definition) is 0. The molecule has 2 rings (SSSR count). The van der Waals surface area contributed by atoms with E-state index in [1.807, 2.05) is 0 Å². The minimum absolute atomic E-state index is 1.13. The summed E-state index contributed by atoms with van der Waals surface area (Å²) in [5.41, 5.74) is 2.80. The molecule has 0 atom stereocenters. The molecule has 0 bridgehead atoms. The number of hydrogen-bond acceptors (Lipinski definition) is 1. The van der Waals surface area contributed by atoms with Crippen LogP contribution in [0.2, 0.25) is 0 Å². The Balaban J connectivity index is 2.17. The molecule has 0 N–H and O–H groups in total. The van der Waals surface area contributed by atoms with Crippen molar-refractivity contribution in [2.24, 2.45) is 0 Å². The summed E-state index contributed by atoms with van der Waals surface area (Å²) in [5.74, 6) is 0. The second-order valence-corrected chi connectivity index (χ2v) is 5.14. The molecule has 0 radical (unpaired) electrons. The summed E-state index contributed by atoms with van der Waals surface area (Å²) < 4.78 is 1.14. The molecule has 0 aromatic heterocycles. The Morgan fingerprint density at radius 3 is 2.69 bits per heavy atom. The first-order chi connectivity index (χ1) is 7.79. The third-order valence-electron chi connectivity index (χ3n) is 3.10. The smallest absolute Gasteiger partial charge is 0.0175 e. The number of benzene rings is 1. The summed E-state index contributed by atoms with van der Waals surface area (Å²) in [6.07, 6.45) is 6.23. The van der Waals surface area contributed by atoms with Gasteiger partial charge in [0.25, 0.3) is 0 Å². The zero-order chi connectivity index (χ0) is 11.4. The summed E-state index contributed by atoms with van der Waals surface area (Å²) in [6, 6.07) is 8.54. The minimum Gasteiger partial charge on any atom is -0.375 e. The lowest BCUT2D eigenvalue weighted by Crippen LogP contribution is -2.27. The van der Waals surface area contributed by atoms with Crippen LogP contribution in [-0.4, -0.2) is 18.0 Å². The van der Waals surface area contributed by atoms with Crippen molar-refractivity contribution in [2.75, 3.05) is 13.1 Å². The van der Waals surface area contributed by atoms with Crippen molar-refractivity contribution in [3.63, 3.8) is 0 Å². The van der Waals surface area contributed by atoms with Gasteiger partial charge in [-0.15, -0.1) is 0 Å². The molecule has 1 heterocycles. The Morgan fingerprint density at radius 2 is 2.00 bits per heavy atom. The van der Waals surface area contributed by atoms with Crippen LogP contribution in [0, 0.1) is 0 Å². The molecule has 0 unspecified atom stereocenters. The van der Waals surface area contributed by atoms with Crippen molar-refractivity contribution in [3.8, 4) is 0 Å². The lowest BCUT2D eigenvalue weighted by molar-refractivity contribution is 0.307. The standard InChI is InChI=1S/C14H18BrN/c1-2-16-10-4-3-5-14(16)11-12-6-8-13(15)9-7-12/h6-9,11H,2-5,10H2,1H3. The van der Waals surface area contributed by atoms with Gasteiger partial charge in [-0.2, -0.15) is 0 Å². The normalized spacial score (nSPS) is 19.1. The fourth-order valence-corrected chi connectivity index (χ4v) is 2.45. The average molecular weight is 280 g/mol. The van der Waals surface area contributed by atoms with Gasteiger partial charge in [-0.1, -0.05) is 28.1 Å². The van der Waals surface area contributed by atoms with Crippen LogP contribution in [0.1, 0.15) is 31.7 Å². The summed E-state index contributed by atoms with van der Waals surface area (Å²) in [6.45, 7) is 4.59. The van der Waals surface area contributed by atoms with E-state index in [1.165, 1.54) is 37.1 Å². The molecule has 1 saturated heterocycles. The maximum Gasteiger partial charge on any atom is 0.0175 e. The lowest BCUT2D eigenvalue weighted by Gasteiger charge is -2.30. The molecule has 2 heteroatoms. The van der Waals surface area contributed by atoms with Crippen LogP contribution >= 0.6 is 15.9 Å². The zero-order valence-corrected chi connectivity index (χ0v) is 11.3. The highest BCUT2D eigenvalue weighted by Gasteiger charge is 2.12. The van der Waals surface area contributed by atoms with Crippen molar-refractivity contribution in [2.45, 2.75) is 26.2 Å². The van der Waals surface area contributed by atoms with E-state index in [-0.39, 0.29) is 0 Å². The van der Waals surface area contributed by atoms with Crippen LogP contribution in [0.5, 0.6) is 0 Å². The fourth-order valence-electron chi connectivity index (χ4n) is 2.19. The van der Waals surface area contributed by atoms with Gasteiger partial charge in [-0.05, 0) is 50.0 Å². The number of allylic oxidation sites excluding steroid dienone is 1. The average Bonchev–Trinajstić information content (AvgIpc) is 2.33. The summed E-state index contributed by atoms with van der Waals surface area (Å²) >= 11 is 3.47. The molecular formula is C14H18BrN. The van der Waals surface area contributed by atoms with E-state index in [0.29, 0.717) is 0 Å². The van der Waals surface area contributed by atoms with Crippen LogP contribution in [0.4, 0.5) is 0 Å². The minimum atomic E-state index is 1.13. The first-order valence-electron chi connectivity index (χ1n) is 6.00. The van der Waals surface area contributed by atoms with Gasteiger partial charge in [0.15, 0.2) is 0 Å². The highest BCUT2D eigenvalue weighted by atomic mass is 79.9. The van der Waals surface area contributed by atoms with Gasteiger partial charge in [-0.3, -0.25) is 0 Å². The fraction of sp³-hybridized carbons (Fsp3) is 0.429. The van der Waals surface area contributed by atoms with Gasteiger partial charge in [0, 0.05) is 23.3 Å². The van der Waals surface area contributed by atoms with E-state index in [1.54, 1.807) is 0 Å². The van der Waals surface area contributed by atoms with Crippen molar-refractivity contribution < 1.29 is 0 Å². The van der Waals surface area contributed by atoms with Crippen molar-refractivity contribution >= 4 is 22.0 Å². The Hall–Kier alpha value is -0.760. The van der Waals surface area contributed by atoms with E-state index in [9.17, 15) is 0 Å². The molecule has 1 aliphatic rings. The third-order valence-corrected chi connectivity index (χ3v) is 3.63. The van der Waals surface area contributed by atoms with E-state index in [0.717, 1.165) is 11.0 Å². The van der Waals surface area contributed by atoms with Crippen LogP contribution in [0.3, 0.4) is 0 Å². The predicted octanol–water partition coefficient (Wildman–Crippen LogP) is 4.30. The molecule has 1 nitrogen and oxygen atoms in total. The number of piperidine rings is 1. The second kappa shape index (κ2) is 5.53. The maximum absolute atomic E-state index is 3.47. The number of likely N-dealkylation sites (tertiary alicyclic amines) is 1. The maximum atomic E-state index is 3.47. The Kier molecular flexibility index (Phi) is 4.05. The largest absolute Gasteiger partial charge is 0.375 e. The van der Waals surface area contributed by atoms with Gasteiger partial charge in [0.2, 0.25) is 0 Å². The Labute approximate surface area is 106 Å². The highest BCUT2D eigenvalue weighted by molar-refractivity contribution is 9.10. The Morgan fingerprint density at radius 1 is 1.25 bits per heavy atom. The van der Waals surface area contributed by atoms with Gasteiger partial charge in [-0.25, -0.2) is 0 Å². The summed E-state index contributed by atoms with van der Waals surface area (Å²) in [4.78, 5) is 2.49. The molecule has 86 valence electrons. The molecule has 1 aliphatic heterocycles. The molecule has 16 heavy (non-hydrogen) atoms. The third kappa shape index (κ3) is 2.88. The molecule has 0 aliphatic carbocycles.